The Morgan fingerprint density at radius 1 is 1.64 bits per heavy atom. The zero-order chi connectivity index (χ0) is 8.27. The molecule has 0 bridgehead atoms. The van der Waals surface area contributed by atoms with Gasteiger partial charge in [-0.15, -0.1) is 0 Å². The maximum absolute atomic E-state index is 5.70. The molecule has 1 atom stereocenters. The highest BCUT2D eigenvalue weighted by atomic mass is 35.5. The molecule has 0 aliphatic carbocycles. The summed E-state index contributed by atoms with van der Waals surface area (Å²) in [6.45, 7) is 3.75. The van der Waals surface area contributed by atoms with E-state index in [4.69, 9.17) is 16.3 Å². The van der Waals surface area contributed by atoms with E-state index in [1.54, 1.807) is 25.6 Å². The second kappa shape index (κ2) is 3.69. The molecule has 0 N–H and O–H groups in total. The Labute approximate surface area is 71.2 Å². The van der Waals surface area contributed by atoms with E-state index in [0.29, 0.717) is 5.02 Å². The summed E-state index contributed by atoms with van der Waals surface area (Å²) in [7, 11) is 1.60. The molecule has 0 saturated carbocycles. The van der Waals surface area contributed by atoms with Crippen LogP contribution >= 0.6 is 11.6 Å². The quantitative estimate of drug-likeness (QED) is 0.679. The Kier molecular flexibility index (Phi) is 2.85. The zero-order valence-electron chi connectivity index (χ0n) is 6.25. The minimum absolute atomic E-state index is 0.193. The second-order valence-electron chi connectivity index (χ2n) is 2.16. The van der Waals surface area contributed by atoms with Crippen LogP contribution in [0, 0.1) is 6.92 Å². The molecule has 1 aromatic rings. The van der Waals surface area contributed by atoms with Crippen LogP contribution in [0.2, 0.25) is 5.02 Å². The van der Waals surface area contributed by atoms with Crippen LogP contribution in [0.25, 0.3) is 0 Å². The van der Waals surface area contributed by atoms with Crippen molar-refractivity contribution < 1.29 is 4.74 Å². The molecule has 11 heavy (non-hydrogen) atoms. The number of hydrogen-bond acceptors (Lipinski definition) is 2. The number of methoxy groups -OCH3 is 1. The molecule has 1 unspecified atom stereocenters. The van der Waals surface area contributed by atoms with E-state index in [0.717, 1.165) is 5.56 Å². The minimum atomic E-state index is -0.193. The van der Waals surface area contributed by atoms with Crippen LogP contribution in [0.15, 0.2) is 18.5 Å². The van der Waals surface area contributed by atoms with Crippen molar-refractivity contribution >= 4 is 11.6 Å². The lowest BCUT2D eigenvalue weighted by atomic mass is 10.2. The van der Waals surface area contributed by atoms with Gasteiger partial charge in [0.05, 0.1) is 11.1 Å². The highest BCUT2D eigenvalue weighted by Crippen LogP contribution is 2.17. The molecule has 1 heterocycles. The van der Waals surface area contributed by atoms with E-state index in [2.05, 4.69) is 11.9 Å². The van der Waals surface area contributed by atoms with Gasteiger partial charge in [-0.2, -0.15) is 0 Å². The van der Waals surface area contributed by atoms with Crippen molar-refractivity contribution in [2.75, 3.05) is 7.11 Å². The number of rotatable bonds is 2. The molecule has 0 aromatic carbocycles. The number of nitrogens with zero attached hydrogens (tertiary/aromatic N) is 1. The SMILES string of the molecule is [CH2]C(OC)c1cncc(Cl)c1. The monoisotopic (exact) mass is 170 g/mol. The fourth-order valence-electron chi connectivity index (χ4n) is 0.740. The second-order valence-corrected chi connectivity index (χ2v) is 2.60. The third-order valence-corrected chi connectivity index (χ3v) is 1.59. The van der Waals surface area contributed by atoms with Crippen LogP contribution < -0.4 is 0 Å². The Morgan fingerprint density at radius 2 is 2.36 bits per heavy atom. The molecular formula is C8H9ClNO. The van der Waals surface area contributed by atoms with E-state index in [1.165, 1.54) is 0 Å². The summed E-state index contributed by atoms with van der Waals surface area (Å²) in [5.74, 6) is 0. The van der Waals surface area contributed by atoms with Crippen LogP contribution in [0.3, 0.4) is 0 Å². The van der Waals surface area contributed by atoms with Gasteiger partial charge in [-0.25, -0.2) is 0 Å². The van der Waals surface area contributed by atoms with E-state index in [9.17, 15) is 0 Å². The molecule has 0 aliphatic rings. The first kappa shape index (κ1) is 8.50. The molecule has 1 radical (unpaired) electrons. The zero-order valence-corrected chi connectivity index (χ0v) is 7.01. The Morgan fingerprint density at radius 3 is 2.91 bits per heavy atom. The predicted molar refractivity (Wildman–Crippen MR) is 44.4 cm³/mol. The Balaban J connectivity index is 2.86. The average molecular weight is 171 g/mol. The number of aromatic nitrogens is 1. The normalized spacial score (nSPS) is 13.0. The van der Waals surface area contributed by atoms with Crippen molar-refractivity contribution in [2.45, 2.75) is 6.10 Å². The molecule has 0 saturated heterocycles. The topological polar surface area (TPSA) is 22.1 Å². The lowest BCUT2D eigenvalue weighted by Crippen LogP contribution is -1.96. The van der Waals surface area contributed by atoms with Crippen LogP contribution in [-0.2, 0) is 4.74 Å². The van der Waals surface area contributed by atoms with E-state index < -0.39 is 0 Å². The first-order chi connectivity index (χ1) is 5.24. The number of halogens is 1. The Bertz CT molecular complexity index is 239. The first-order valence-corrected chi connectivity index (χ1v) is 3.58. The van der Waals surface area contributed by atoms with Gasteiger partial charge in [0.15, 0.2) is 0 Å². The van der Waals surface area contributed by atoms with E-state index >= 15 is 0 Å². The molecule has 0 spiro atoms. The summed E-state index contributed by atoms with van der Waals surface area (Å²) in [5, 5.41) is 0.605. The predicted octanol–water partition coefficient (Wildman–Crippen LogP) is 2.26. The van der Waals surface area contributed by atoms with Crippen LogP contribution in [-0.4, -0.2) is 12.1 Å². The molecule has 1 rings (SSSR count). The lowest BCUT2D eigenvalue weighted by molar-refractivity contribution is 0.140. The molecule has 0 fully saturated rings. The third kappa shape index (κ3) is 2.17. The summed E-state index contributed by atoms with van der Waals surface area (Å²) in [4.78, 5) is 3.90. The summed E-state index contributed by atoms with van der Waals surface area (Å²) in [6, 6.07) is 1.79. The number of hydrogen-bond donors (Lipinski definition) is 0. The highest BCUT2D eigenvalue weighted by molar-refractivity contribution is 6.30. The summed E-state index contributed by atoms with van der Waals surface area (Å²) in [6.07, 6.45) is 3.07. The van der Waals surface area contributed by atoms with Crippen molar-refractivity contribution in [3.05, 3.63) is 36.0 Å². The van der Waals surface area contributed by atoms with Gasteiger partial charge < -0.3 is 4.74 Å². The molecular weight excluding hydrogens is 162 g/mol. The fourth-order valence-corrected chi connectivity index (χ4v) is 0.923. The van der Waals surface area contributed by atoms with Crippen molar-refractivity contribution in [1.82, 2.24) is 4.98 Å². The van der Waals surface area contributed by atoms with Gasteiger partial charge in [-0.1, -0.05) is 11.6 Å². The van der Waals surface area contributed by atoms with Crippen LogP contribution in [0.5, 0.6) is 0 Å². The van der Waals surface area contributed by atoms with E-state index in [1.807, 2.05) is 0 Å². The maximum atomic E-state index is 5.70. The van der Waals surface area contributed by atoms with Gasteiger partial charge in [0.1, 0.15) is 0 Å². The largest absolute Gasteiger partial charge is 0.377 e. The van der Waals surface area contributed by atoms with Gasteiger partial charge in [0.25, 0.3) is 0 Å². The third-order valence-electron chi connectivity index (χ3n) is 1.38. The maximum Gasteiger partial charge on any atom is 0.0837 e. The van der Waals surface area contributed by atoms with E-state index in [-0.39, 0.29) is 6.10 Å². The van der Waals surface area contributed by atoms with Crippen molar-refractivity contribution in [2.24, 2.45) is 0 Å². The Hall–Kier alpha value is -0.600. The summed E-state index contributed by atoms with van der Waals surface area (Å²) < 4.78 is 4.98. The molecule has 0 amide bonds. The number of ether oxygens (including phenoxy) is 1. The van der Waals surface area contributed by atoms with Crippen LogP contribution in [0.4, 0.5) is 0 Å². The standard InChI is InChI=1S/C8H9ClNO/c1-6(11-2)7-3-8(9)5-10-4-7/h3-6H,1H2,2H3. The van der Waals surface area contributed by atoms with Gasteiger partial charge in [0, 0.05) is 25.1 Å². The highest BCUT2D eigenvalue weighted by Gasteiger charge is 2.03. The first-order valence-electron chi connectivity index (χ1n) is 3.20. The average Bonchev–Trinajstić information content (AvgIpc) is 2.03. The molecule has 59 valence electrons. The van der Waals surface area contributed by atoms with Gasteiger partial charge in [0.2, 0.25) is 0 Å². The minimum Gasteiger partial charge on any atom is -0.377 e. The molecule has 3 heteroatoms. The van der Waals surface area contributed by atoms with Crippen molar-refractivity contribution in [1.29, 1.82) is 0 Å². The molecule has 2 nitrogen and oxygen atoms in total. The number of pyridine rings is 1. The summed E-state index contributed by atoms with van der Waals surface area (Å²) in [5.41, 5.74) is 0.889. The molecule has 0 aliphatic heterocycles. The van der Waals surface area contributed by atoms with Gasteiger partial charge in [-0.3, -0.25) is 4.98 Å². The smallest absolute Gasteiger partial charge is 0.0837 e. The van der Waals surface area contributed by atoms with Gasteiger partial charge in [-0.05, 0) is 13.0 Å². The summed E-state index contributed by atoms with van der Waals surface area (Å²) >= 11 is 5.70. The lowest BCUT2D eigenvalue weighted by Gasteiger charge is -2.08. The van der Waals surface area contributed by atoms with Gasteiger partial charge >= 0.3 is 0 Å². The molecule has 1 aromatic heterocycles. The van der Waals surface area contributed by atoms with Crippen LogP contribution in [0.1, 0.15) is 11.7 Å². The van der Waals surface area contributed by atoms with Crippen molar-refractivity contribution in [3.8, 4) is 0 Å². The fraction of sp³-hybridized carbons (Fsp3) is 0.250. The van der Waals surface area contributed by atoms with Crippen molar-refractivity contribution in [3.63, 3.8) is 0 Å².